The molecular weight excluding hydrogens is 245 g/mol. The van der Waals surface area contributed by atoms with E-state index in [0.29, 0.717) is 11.3 Å². The van der Waals surface area contributed by atoms with Gasteiger partial charge in [0.25, 0.3) is 0 Å². The quantitative estimate of drug-likeness (QED) is 0.638. The predicted molar refractivity (Wildman–Crippen MR) is 60.3 cm³/mol. The van der Waals surface area contributed by atoms with Crippen LogP contribution in [0, 0.1) is 0 Å². The number of nitrogens with two attached hydrogens (primary N) is 1. The number of hydrogen-bond acceptors (Lipinski definition) is 4. The molecule has 0 aliphatic carbocycles. The van der Waals surface area contributed by atoms with Crippen LogP contribution in [0.3, 0.4) is 0 Å². The Labute approximate surface area is 101 Å². The van der Waals surface area contributed by atoms with E-state index in [2.05, 4.69) is 15.4 Å². The van der Waals surface area contributed by atoms with Crippen LogP contribution < -0.4 is 11.3 Å². The monoisotopic (exact) mass is 254 g/mol. The van der Waals surface area contributed by atoms with Crippen molar-refractivity contribution in [1.29, 1.82) is 0 Å². The molecule has 0 saturated carbocycles. The molecule has 7 heteroatoms. The van der Waals surface area contributed by atoms with E-state index in [-0.39, 0.29) is 5.95 Å². The zero-order valence-corrected chi connectivity index (χ0v) is 9.07. The average molecular weight is 254 g/mol. The fourth-order valence-electron chi connectivity index (χ4n) is 1.44. The highest BCUT2D eigenvalue weighted by Crippen LogP contribution is 2.31. The lowest BCUT2D eigenvalue weighted by molar-refractivity contribution is -0.137. The fraction of sp³-hybridized carbons (Fsp3) is 0.0909. The predicted octanol–water partition coefficient (Wildman–Crippen LogP) is 2.45. The first-order chi connectivity index (χ1) is 8.50. The first-order valence-electron chi connectivity index (χ1n) is 4.98. The molecule has 0 radical (unpaired) electrons. The summed E-state index contributed by atoms with van der Waals surface area (Å²) in [6.07, 6.45) is -2.96. The molecule has 2 rings (SSSR count). The Balaban J connectivity index is 2.44. The summed E-state index contributed by atoms with van der Waals surface area (Å²) in [6, 6.07) is 6.42. The molecule has 0 amide bonds. The van der Waals surface area contributed by atoms with Crippen molar-refractivity contribution in [3.8, 4) is 11.3 Å². The van der Waals surface area contributed by atoms with Gasteiger partial charge in [-0.25, -0.2) is 15.8 Å². The highest BCUT2D eigenvalue weighted by Gasteiger charge is 2.30. The van der Waals surface area contributed by atoms with E-state index in [0.717, 1.165) is 12.1 Å². The Bertz CT molecular complexity index is 554. The fourth-order valence-corrected chi connectivity index (χ4v) is 1.44. The molecule has 94 valence electrons. The number of hydrogen-bond donors (Lipinski definition) is 2. The summed E-state index contributed by atoms with van der Waals surface area (Å²) < 4.78 is 37.7. The summed E-state index contributed by atoms with van der Waals surface area (Å²) in [4.78, 5) is 7.76. The Morgan fingerprint density at radius 2 is 1.94 bits per heavy atom. The van der Waals surface area contributed by atoms with Crippen LogP contribution in [0.25, 0.3) is 11.3 Å². The molecule has 0 saturated heterocycles. The van der Waals surface area contributed by atoms with Gasteiger partial charge in [-0.15, -0.1) is 0 Å². The highest BCUT2D eigenvalue weighted by atomic mass is 19.4. The van der Waals surface area contributed by atoms with Gasteiger partial charge < -0.3 is 0 Å². The number of halogens is 3. The second kappa shape index (κ2) is 4.61. The van der Waals surface area contributed by atoms with E-state index in [1.165, 1.54) is 24.4 Å². The van der Waals surface area contributed by atoms with Crippen molar-refractivity contribution in [1.82, 2.24) is 9.97 Å². The van der Waals surface area contributed by atoms with Gasteiger partial charge in [0.05, 0.1) is 11.3 Å². The third kappa shape index (κ3) is 2.57. The number of anilines is 1. The van der Waals surface area contributed by atoms with Crippen molar-refractivity contribution >= 4 is 5.95 Å². The topological polar surface area (TPSA) is 63.8 Å². The molecule has 1 heterocycles. The summed E-state index contributed by atoms with van der Waals surface area (Å²) >= 11 is 0. The summed E-state index contributed by atoms with van der Waals surface area (Å²) in [7, 11) is 0. The lowest BCUT2D eigenvalue weighted by Gasteiger charge is -2.08. The maximum absolute atomic E-state index is 12.6. The van der Waals surface area contributed by atoms with Crippen molar-refractivity contribution in [3.63, 3.8) is 0 Å². The lowest BCUT2D eigenvalue weighted by Crippen LogP contribution is -2.10. The Morgan fingerprint density at radius 3 is 2.61 bits per heavy atom. The van der Waals surface area contributed by atoms with E-state index in [4.69, 9.17) is 5.84 Å². The van der Waals surface area contributed by atoms with Gasteiger partial charge in [-0.05, 0) is 18.2 Å². The molecule has 0 unspecified atom stereocenters. The number of benzene rings is 1. The molecule has 2 aromatic rings. The first-order valence-corrected chi connectivity index (χ1v) is 4.98. The number of rotatable bonds is 2. The number of aromatic nitrogens is 2. The largest absolute Gasteiger partial charge is 0.416 e. The van der Waals surface area contributed by atoms with Crippen molar-refractivity contribution in [3.05, 3.63) is 42.1 Å². The van der Waals surface area contributed by atoms with Crippen molar-refractivity contribution in [2.45, 2.75) is 6.18 Å². The van der Waals surface area contributed by atoms with Gasteiger partial charge in [0.2, 0.25) is 5.95 Å². The Morgan fingerprint density at radius 1 is 1.17 bits per heavy atom. The van der Waals surface area contributed by atoms with Gasteiger partial charge in [-0.3, -0.25) is 5.43 Å². The third-order valence-electron chi connectivity index (χ3n) is 2.27. The molecule has 1 aromatic carbocycles. The van der Waals surface area contributed by atoms with Crippen molar-refractivity contribution in [2.24, 2.45) is 5.84 Å². The zero-order chi connectivity index (χ0) is 13.2. The van der Waals surface area contributed by atoms with E-state index in [1.807, 2.05) is 0 Å². The number of nitrogens with one attached hydrogen (secondary N) is 1. The molecule has 0 bridgehead atoms. The third-order valence-corrected chi connectivity index (χ3v) is 2.27. The first kappa shape index (κ1) is 12.3. The van der Waals surface area contributed by atoms with Gasteiger partial charge >= 0.3 is 6.18 Å². The second-order valence-corrected chi connectivity index (χ2v) is 3.49. The molecule has 18 heavy (non-hydrogen) atoms. The second-order valence-electron chi connectivity index (χ2n) is 3.49. The van der Waals surface area contributed by atoms with E-state index in [9.17, 15) is 13.2 Å². The molecule has 3 N–H and O–H groups in total. The summed E-state index contributed by atoms with van der Waals surface area (Å²) in [5.41, 5.74) is 2.23. The summed E-state index contributed by atoms with van der Waals surface area (Å²) in [5.74, 6) is 5.28. The molecular formula is C11H9F3N4. The maximum Gasteiger partial charge on any atom is 0.416 e. The van der Waals surface area contributed by atoms with E-state index in [1.54, 1.807) is 0 Å². The molecule has 1 aromatic heterocycles. The van der Waals surface area contributed by atoms with Crippen LogP contribution in [-0.4, -0.2) is 9.97 Å². The van der Waals surface area contributed by atoms with Crippen LogP contribution in [0.5, 0.6) is 0 Å². The van der Waals surface area contributed by atoms with E-state index >= 15 is 0 Å². The van der Waals surface area contributed by atoms with Crippen molar-refractivity contribution < 1.29 is 13.2 Å². The van der Waals surface area contributed by atoms with Crippen molar-refractivity contribution in [2.75, 3.05) is 5.43 Å². The molecule has 0 spiro atoms. The number of hydrazine groups is 1. The zero-order valence-electron chi connectivity index (χ0n) is 9.07. The Hall–Kier alpha value is -2.15. The average Bonchev–Trinajstić information content (AvgIpc) is 2.38. The molecule has 0 fully saturated rings. The standard InChI is InChI=1S/C11H9F3N4/c12-11(13,14)8-3-1-2-7(6-8)9-4-5-16-10(17-9)18-15/h1-6H,15H2,(H,16,17,18). The van der Waals surface area contributed by atoms with Crippen LogP contribution in [0.1, 0.15) is 5.56 Å². The SMILES string of the molecule is NNc1nccc(-c2cccc(C(F)(F)F)c2)n1. The van der Waals surface area contributed by atoms with Gasteiger partial charge in [0.15, 0.2) is 0 Å². The molecule has 0 atom stereocenters. The number of nitrogen functional groups attached to an aromatic ring is 1. The minimum atomic E-state index is -4.38. The number of nitrogens with zero attached hydrogens (tertiary/aromatic N) is 2. The van der Waals surface area contributed by atoms with Gasteiger partial charge in [-0.2, -0.15) is 13.2 Å². The van der Waals surface area contributed by atoms with E-state index < -0.39 is 11.7 Å². The number of alkyl halides is 3. The van der Waals surface area contributed by atoms with Crippen LogP contribution >= 0.6 is 0 Å². The summed E-state index contributed by atoms with van der Waals surface area (Å²) in [6.45, 7) is 0. The minimum Gasteiger partial charge on any atom is -0.292 e. The van der Waals surface area contributed by atoms with Gasteiger partial charge in [0, 0.05) is 11.8 Å². The highest BCUT2D eigenvalue weighted by molar-refractivity contribution is 5.61. The van der Waals surface area contributed by atoms with Crippen LogP contribution in [0.4, 0.5) is 19.1 Å². The molecule has 0 aliphatic heterocycles. The summed E-state index contributed by atoms with van der Waals surface area (Å²) in [5, 5.41) is 0. The van der Waals surface area contributed by atoms with Crippen LogP contribution in [-0.2, 0) is 6.18 Å². The normalized spacial score (nSPS) is 11.3. The lowest BCUT2D eigenvalue weighted by atomic mass is 10.1. The van der Waals surface area contributed by atoms with Gasteiger partial charge in [-0.1, -0.05) is 12.1 Å². The Kier molecular flexibility index (Phi) is 3.15. The maximum atomic E-state index is 12.6. The minimum absolute atomic E-state index is 0.143. The molecule has 0 aliphatic rings. The van der Waals surface area contributed by atoms with Crippen LogP contribution in [0.15, 0.2) is 36.5 Å². The van der Waals surface area contributed by atoms with Gasteiger partial charge in [0.1, 0.15) is 0 Å². The molecule has 4 nitrogen and oxygen atoms in total. The smallest absolute Gasteiger partial charge is 0.292 e. The van der Waals surface area contributed by atoms with Crippen LogP contribution in [0.2, 0.25) is 0 Å².